The number of aryl methyl sites for hydroxylation is 1. The Hall–Kier alpha value is -1.35. The highest BCUT2D eigenvalue weighted by molar-refractivity contribution is 5.85. The lowest BCUT2D eigenvalue weighted by Gasteiger charge is -2.50. The van der Waals surface area contributed by atoms with Crippen LogP contribution in [0.4, 0.5) is 0 Å². The van der Waals surface area contributed by atoms with Crippen LogP contribution in [0, 0.1) is 5.92 Å². The van der Waals surface area contributed by atoms with Gasteiger partial charge < -0.3 is 10.0 Å². The molecule has 1 saturated heterocycles. The quantitative estimate of drug-likeness (QED) is 0.898. The average Bonchev–Trinajstić information content (AvgIpc) is 2.42. The first-order chi connectivity index (χ1) is 9.51. The van der Waals surface area contributed by atoms with Gasteiger partial charge in [0.15, 0.2) is 0 Å². The maximum Gasteiger partial charge on any atom is 0.230 e. The molecule has 20 heavy (non-hydrogen) atoms. The van der Waals surface area contributed by atoms with E-state index >= 15 is 0 Å². The van der Waals surface area contributed by atoms with Gasteiger partial charge in [-0.2, -0.15) is 0 Å². The summed E-state index contributed by atoms with van der Waals surface area (Å²) in [6, 6.07) is 8.29. The first kappa shape index (κ1) is 13.6. The van der Waals surface area contributed by atoms with E-state index in [-0.39, 0.29) is 17.7 Å². The summed E-state index contributed by atoms with van der Waals surface area (Å²) in [5, 5.41) is 10.3. The summed E-state index contributed by atoms with van der Waals surface area (Å²) in [6.45, 7) is 5.00. The second kappa shape index (κ2) is 4.88. The number of rotatable bonds is 2. The maximum atomic E-state index is 12.7. The Morgan fingerprint density at radius 3 is 2.75 bits per heavy atom. The van der Waals surface area contributed by atoms with Crippen molar-refractivity contribution in [3.8, 4) is 0 Å². The lowest BCUT2D eigenvalue weighted by atomic mass is 9.78. The van der Waals surface area contributed by atoms with Gasteiger partial charge in [0.05, 0.1) is 19.0 Å². The third-order valence-corrected chi connectivity index (χ3v) is 4.98. The molecule has 1 aliphatic heterocycles. The van der Waals surface area contributed by atoms with Crippen LogP contribution in [0.2, 0.25) is 0 Å². The van der Waals surface area contributed by atoms with Gasteiger partial charge in [0.25, 0.3) is 0 Å². The molecule has 1 fully saturated rings. The van der Waals surface area contributed by atoms with E-state index in [2.05, 4.69) is 12.1 Å². The minimum absolute atomic E-state index is 0.00309. The topological polar surface area (TPSA) is 40.5 Å². The molecule has 2 aliphatic rings. The average molecular weight is 273 g/mol. The standard InChI is InChI=1S/C17H23NO2/c1-12(2)17(20)10-18(11-17)16(19)15-9-5-7-13-6-3-4-8-14(13)15/h3-4,6,8,12,15,20H,5,7,9-11H2,1-2H3. The van der Waals surface area contributed by atoms with Gasteiger partial charge >= 0.3 is 0 Å². The summed E-state index contributed by atoms with van der Waals surface area (Å²) in [4.78, 5) is 14.5. The second-order valence-electron chi connectivity index (χ2n) is 6.60. The molecule has 1 aromatic rings. The number of carbonyl (C=O) groups excluding carboxylic acids is 1. The zero-order valence-electron chi connectivity index (χ0n) is 12.3. The van der Waals surface area contributed by atoms with Crippen LogP contribution in [-0.2, 0) is 11.2 Å². The van der Waals surface area contributed by atoms with E-state index in [1.165, 1.54) is 11.1 Å². The van der Waals surface area contributed by atoms with Gasteiger partial charge in [-0.05, 0) is 36.3 Å². The van der Waals surface area contributed by atoms with E-state index in [1.54, 1.807) is 0 Å². The molecule has 1 atom stereocenters. The Morgan fingerprint density at radius 2 is 2.05 bits per heavy atom. The van der Waals surface area contributed by atoms with Gasteiger partial charge in [0.1, 0.15) is 5.60 Å². The molecule has 3 heteroatoms. The van der Waals surface area contributed by atoms with Gasteiger partial charge in [-0.15, -0.1) is 0 Å². The number of carbonyl (C=O) groups is 1. The minimum atomic E-state index is -0.677. The van der Waals surface area contributed by atoms with E-state index in [4.69, 9.17) is 0 Å². The van der Waals surface area contributed by atoms with Crippen LogP contribution in [-0.4, -0.2) is 34.6 Å². The van der Waals surface area contributed by atoms with Crippen LogP contribution in [0.3, 0.4) is 0 Å². The van der Waals surface area contributed by atoms with Crippen molar-refractivity contribution in [1.82, 2.24) is 4.90 Å². The molecule has 1 aliphatic carbocycles. The number of likely N-dealkylation sites (tertiary alicyclic amines) is 1. The van der Waals surface area contributed by atoms with Gasteiger partial charge in [0, 0.05) is 0 Å². The molecular weight excluding hydrogens is 250 g/mol. The molecule has 3 rings (SSSR count). The van der Waals surface area contributed by atoms with E-state index in [0.717, 1.165) is 19.3 Å². The van der Waals surface area contributed by atoms with Crippen molar-refractivity contribution in [3.63, 3.8) is 0 Å². The van der Waals surface area contributed by atoms with Crippen molar-refractivity contribution in [1.29, 1.82) is 0 Å². The normalized spacial score (nSPS) is 24.2. The zero-order valence-corrected chi connectivity index (χ0v) is 12.3. The van der Waals surface area contributed by atoms with Crippen LogP contribution < -0.4 is 0 Å². The molecule has 1 N–H and O–H groups in total. The third-order valence-electron chi connectivity index (χ3n) is 4.98. The molecule has 3 nitrogen and oxygen atoms in total. The van der Waals surface area contributed by atoms with Crippen molar-refractivity contribution >= 4 is 5.91 Å². The van der Waals surface area contributed by atoms with E-state index in [1.807, 2.05) is 30.9 Å². The zero-order chi connectivity index (χ0) is 14.3. The summed E-state index contributed by atoms with van der Waals surface area (Å²) in [6.07, 6.45) is 3.10. The van der Waals surface area contributed by atoms with Gasteiger partial charge in [-0.25, -0.2) is 0 Å². The summed E-state index contributed by atoms with van der Waals surface area (Å²) < 4.78 is 0. The summed E-state index contributed by atoms with van der Waals surface area (Å²) >= 11 is 0. The predicted octanol–water partition coefficient (Wildman–Crippen LogP) is 2.34. The Bertz CT molecular complexity index is 517. The van der Waals surface area contributed by atoms with Gasteiger partial charge in [-0.3, -0.25) is 4.79 Å². The molecule has 0 saturated carbocycles. The lowest BCUT2D eigenvalue weighted by Crippen LogP contribution is -2.66. The largest absolute Gasteiger partial charge is 0.386 e. The maximum absolute atomic E-state index is 12.7. The summed E-state index contributed by atoms with van der Waals surface area (Å²) in [5.74, 6) is 0.393. The van der Waals surface area contributed by atoms with Crippen LogP contribution in [0.1, 0.15) is 43.7 Å². The number of hydrogen-bond donors (Lipinski definition) is 1. The number of β-amino-alcohol motifs (C(OH)–C–C–N with tert-alkyl or cyclic N) is 1. The minimum Gasteiger partial charge on any atom is -0.386 e. The highest BCUT2D eigenvalue weighted by Gasteiger charge is 2.47. The van der Waals surface area contributed by atoms with E-state index in [0.29, 0.717) is 13.1 Å². The molecule has 0 spiro atoms. The Kier molecular flexibility index (Phi) is 3.33. The van der Waals surface area contributed by atoms with Gasteiger partial charge in [0.2, 0.25) is 5.91 Å². The van der Waals surface area contributed by atoms with Crippen LogP contribution >= 0.6 is 0 Å². The number of aliphatic hydroxyl groups is 1. The molecule has 1 unspecified atom stereocenters. The molecule has 1 amide bonds. The number of fused-ring (bicyclic) bond motifs is 1. The summed E-state index contributed by atoms with van der Waals surface area (Å²) in [5.41, 5.74) is 1.84. The first-order valence-electron chi connectivity index (χ1n) is 7.60. The summed E-state index contributed by atoms with van der Waals surface area (Å²) in [7, 11) is 0. The second-order valence-corrected chi connectivity index (χ2v) is 6.60. The van der Waals surface area contributed by atoms with Crippen LogP contribution in [0.15, 0.2) is 24.3 Å². The Labute approximate surface area is 120 Å². The molecule has 1 heterocycles. The van der Waals surface area contributed by atoms with Crippen LogP contribution in [0.25, 0.3) is 0 Å². The van der Waals surface area contributed by atoms with Crippen molar-refractivity contribution in [3.05, 3.63) is 35.4 Å². The molecular formula is C17H23NO2. The molecule has 0 radical (unpaired) electrons. The third kappa shape index (κ3) is 2.14. The van der Waals surface area contributed by atoms with Crippen molar-refractivity contribution in [2.45, 2.75) is 44.6 Å². The highest BCUT2D eigenvalue weighted by Crippen LogP contribution is 2.36. The number of nitrogens with zero attached hydrogens (tertiary/aromatic N) is 1. The molecule has 0 aromatic heterocycles. The lowest BCUT2D eigenvalue weighted by molar-refractivity contribution is -0.165. The van der Waals surface area contributed by atoms with E-state index in [9.17, 15) is 9.90 Å². The fourth-order valence-corrected chi connectivity index (χ4v) is 3.37. The Balaban J connectivity index is 1.74. The molecule has 1 aromatic carbocycles. The van der Waals surface area contributed by atoms with Crippen molar-refractivity contribution in [2.75, 3.05) is 13.1 Å². The fourth-order valence-electron chi connectivity index (χ4n) is 3.37. The SMILES string of the molecule is CC(C)C1(O)CN(C(=O)C2CCCc3ccccc32)C1. The van der Waals surface area contributed by atoms with E-state index < -0.39 is 5.60 Å². The number of hydrogen-bond acceptors (Lipinski definition) is 2. The number of benzene rings is 1. The monoisotopic (exact) mass is 273 g/mol. The van der Waals surface area contributed by atoms with Crippen molar-refractivity contribution in [2.24, 2.45) is 5.92 Å². The van der Waals surface area contributed by atoms with Crippen molar-refractivity contribution < 1.29 is 9.90 Å². The number of amides is 1. The molecule has 0 bridgehead atoms. The predicted molar refractivity (Wildman–Crippen MR) is 78.5 cm³/mol. The smallest absolute Gasteiger partial charge is 0.230 e. The Morgan fingerprint density at radius 1 is 1.35 bits per heavy atom. The van der Waals surface area contributed by atoms with Crippen LogP contribution in [0.5, 0.6) is 0 Å². The highest BCUT2D eigenvalue weighted by atomic mass is 16.3. The first-order valence-corrected chi connectivity index (χ1v) is 7.60. The fraction of sp³-hybridized carbons (Fsp3) is 0.588. The molecule has 108 valence electrons. The van der Waals surface area contributed by atoms with Gasteiger partial charge in [-0.1, -0.05) is 38.1 Å².